The second kappa shape index (κ2) is 12.0. The third-order valence-electron chi connectivity index (χ3n) is 4.71. The average Bonchev–Trinajstić information content (AvgIpc) is 3.48. The van der Waals surface area contributed by atoms with Gasteiger partial charge in [-0.2, -0.15) is 5.26 Å². The lowest BCUT2D eigenvalue weighted by molar-refractivity contribution is 0.0527. The number of methoxy groups -OCH3 is 1. The van der Waals surface area contributed by atoms with Crippen LogP contribution in [0, 0.1) is 18.3 Å². The number of hydrogen-bond donors (Lipinski definition) is 1. The Balaban J connectivity index is 1.93. The largest absolute Gasteiger partial charge is 0.497 e. The number of nitriles is 1. The molecule has 35 heavy (non-hydrogen) atoms. The van der Waals surface area contributed by atoms with E-state index in [1.54, 1.807) is 21.0 Å². The van der Waals surface area contributed by atoms with Crippen LogP contribution in [0.3, 0.4) is 0 Å². The molecule has 3 rings (SSSR count). The van der Waals surface area contributed by atoms with Crippen LogP contribution >= 0.6 is 22.7 Å². The van der Waals surface area contributed by atoms with E-state index in [0.29, 0.717) is 27.0 Å². The van der Waals surface area contributed by atoms with E-state index in [1.165, 1.54) is 23.6 Å². The molecule has 180 valence electrons. The molecular weight excluding hydrogens is 486 g/mol. The zero-order valence-corrected chi connectivity index (χ0v) is 21.0. The number of carbonyl (C=O) groups is 2. The summed E-state index contributed by atoms with van der Waals surface area (Å²) in [6.07, 6.45) is 2.92. The number of allylic oxidation sites excluding steroid dienone is 1. The van der Waals surface area contributed by atoms with E-state index in [1.807, 2.05) is 29.6 Å². The first kappa shape index (κ1) is 25.7. The van der Waals surface area contributed by atoms with Gasteiger partial charge in [0.2, 0.25) is 0 Å². The van der Waals surface area contributed by atoms with Gasteiger partial charge >= 0.3 is 11.9 Å². The van der Waals surface area contributed by atoms with Crippen LogP contribution < -0.4 is 10.1 Å². The quantitative estimate of drug-likeness (QED) is 0.211. The van der Waals surface area contributed by atoms with Crippen molar-refractivity contribution in [2.24, 2.45) is 0 Å². The average molecular weight is 510 g/mol. The summed E-state index contributed by atoms with van der Waals surface area (Å²) in [6, 6.07) is 9.60. The molecule has 0 radical (unpaired) electrons. The number of esters is 2. The first-order valence-corrected chi connectivity index (χ1v) is 12.2. The smallest absolute Gasteiger partial charge is 0.348 e. The SMILES string of the molecule is C=CCOC(=O)c1sc(N/C=C(\C#N)c2nc(-c3cccc(OC)c3)cs2)c(C(=O)OCC)c1C. The molecule has 0 saturated carbocycles. The number of hydrogen-bond acceptors (Lipinski definition) is 10. The second-order valence-electron chi connectivity index (χ2n) is 6.95. The van der Waals surface area contributed by atoms with Crippen LogP contribution in [0.1, 0.15) is 37.5 Å². The van der Waals surface area contributed by atoms with Gasteiger partial charge in [0.15, 0.2) is 0 Å². The Hall–Kier alpha value is -3.94. The predicted molar refractivity (Wildman–Crippen MR) is 137 cm³/mol. The third-order valence-corrected chi connectivity index (χ3v) is 6.79. The zero-order chi connectivity index (χ0) is 25.4. The molecule has 10 heteroatoms. The molecule has 3 aromatic rings. The second-order valence-corrected chi connectivity index (χ2v) is 8.83. The van der Waals surface area contributed by atoms with Crippen molar-refractivity contribution in [1.29, 1.82) is 5.26 Å². The molecule has 0 aliphatic heterocycles. The number of nitrogens with one attached hydrogen (secondary N) is 1. The minimum Gasteiger partial charge on any atom is -0.497 e. The Bertz CT molecular complexity index is 1320. The lowest BCUT2D eigenvalue weighted by Gasteiger charge is -2.05. The van der Waals surface area contributed by atoms with E-state index in [4.69, 9.17) is 14.2 Å². The van der Waals surface area contributed by atoms with Crippen molar-refractivity contribution in [3.8, 4) is 23.1 Å². The van der Waals surface area contributed by atoms with Crippen LogP contribution in [0.2, 0.25) is 0 Å². The van der Waals surface area contributed by atoms with Gasteiger partial charge in [-0.25, -0.2) is 14.6 Å². The number of rotatable bonds is 10. The van der Waals surface area contributed by atoms with Gasteiger partial charge in [-0.05, 0) is 31.5 Å². The van der Waals surface area contributed by atoms with Crippen molar-refractivity contribution >= 4 is 45.2 Å². The number of anilines is 1. The van der Waals surface area contributed by atoms with Gasteiger partial charge in [-0.15, -0.1) is 22.7 Å². The standard InChI is InChI=1S/C25H23N3O5S2/c1-5-10-33-25(30)21-15(3)20(24(29)32-6-2)23(35-21)27-13-17(12-26)22-28-19(14-34-22)16-8-7-9-18(11-16)31-4/h5,7-9,11,13-14,27H,1,6,10H2,2-4H3/b17-13+. The fourth-order valence-corrected chi connectivity index (χ4v) is 4.90. The Morgan fingerprint density at radius 3 is 2.77 bits per heavy atom. The van der Waals surface area contributed by atoms with Gasteiger partial charge in [0.05, 0.1) is 25.0 Å². The number of thiophene rings is 1. The van der Waals surface area contributed by atoms with E-state index in [0.717, 1.165) is 16.9 Å². The summed E-state index contributed by atoms with van der Waals surface area (Å²) in [5.41, 5.74) is 2.48. The number of carbonyl (C=O) groups excluding carboxylic acids is 2. The maximum atomic E-state index is 12.6. The molecule has 2 aromatic heterocycles. The number of benzene rings is 1. The van der Waals surface area contributed by atoms with Gasteiger partial charge in [0.1, 0.15) is 38.9 Å². The molecular formula is C25H23N3O5S2. The molecule has 0 amide bonds. The van der Waals surface area contributed by atoms with Crippen LogP contribution in [-0.2, 0) is 9.47 Å². The highest BCUT2D eigenvalue weighted by atomic mass is 32.1. The summed E-state index contributed by atoms with van der Waals surface area (Å²) in [4.78, 5) is 29.9. The predicted octanol–water partition coefficient (Wildman–Crippen LogP) is 5.68. The van der Waals surface area contributed by atoms with Crippen LogP contribution in [0.5, 0.6) is 5.75 Å². The summed E-state index contributed by atoms with van der Waals surface area (Å²) in [5, 5.41) is 15.4. The fourth-order valence-electron chi connectivity index (χ4n) is 3.05. The first-order chi connectivity index (χ1) is 16.9. The van der Waals surface area contributed by atoms with Gasteiger partial charge in [0, 0.05) is 17.1 Å². The highest BCUT2D eigenvalue weighted by Gasteiger charge is 2.26. The minimum absolute atomic E-state index is 0.0474. The zero-order valence-electron chi connectivity index (χ0n) is 19.4. The molecule has 0 atom stereocenters. The molecule has 0 spiro atoms. The lowest BCUT2D eigenvalue weighted by atomic mass is 10.1. The van der Waals surface area contributed by atoms with Crippen molar-refractivity contribution in [2.75, 3.05) is 25.6 Å². The van der Waals surface area contributed by atoms with Crippen molar-refractivity contribution in [1.82, 2.24) is 4.98 Å². The molecule has 0 aliphatic rings. The van der Waals surface area contributed by atoms with E-state index in [2.05, 4.69) is 22.9 Å². The van der Waals surface area contributed by atoms with Gasteiger partial charge in [-0.3, -0.25) is 0 Å². The summed E-state index contributed by atoms with van der Waals surface area (Å²) >= 11 is 2.36. The van der Waals surface area contributed by atoms with Gasteiger partial charge < -0.3 is 19.5 Å². The molecule has 8 nitrogen and oxygen atoms in total. The van der Waals surface area contributed by atoms with E-state index in [9.17, 15) is 14.9 Å². The summed E-state index contributed by atoms with van der Waals surface area (Å²) in [7, 11) is 1.59. The number of thiazole rings is 1. The Kier molecular flexibility index (Phi) is 8.78. The fraction of sp³-hybridized carbons (Fsp3) is 0.200. The summed E-state index contributed by atoms with van der Waals surface area (Å²) < 4.78 is 15.6. The molecule has 0 aliphatic carbocycles. The summed E-state index contributed by atoms with van der Waals surface area (Å²) in [6.45, 7) is 7.10. The Labute approximate surface area is 211 Å². The van der Waals surface area contributed by atoms with E-state index >= 15 is 0 Å². The molecule has 1 aromatic carbocycles. The molecule has 0 bridgehead atoms. The Morgan fingerprint density at radius 1 is 1.29 bits per heavy atom. The molecule has 0 saturated heterocycles. The first-order valence-electron chi connectivity index (χ1n) is 10.5. The molecule has 2 heterocycles. The van der Waals surface area contributed by atoms with Crippen LogP contribution in [0.15, 0.2) is 48.5 Å². The lowest BCUT2D eigenvalue weighted by Crippen LogP contribution is -2.09. The number of ether oxygens (including phenoxy) is 3. The maximum absolute atomic E-state index is 12.6. The van der Waals surface area contributed by atoms with Gasteiger partial charge in [-0.1, -0.05) is 24.8 Å². The van der Waals surface area contributed by atoms with Crippen LogP contribution in [-0.4, -0.2) is 37.2 Å². The highest BCUT2D eigenvalue weighted by molar-refractivity contribution is 7.18. The van der Waals surface area contributed by atoms with Crippen LogP contribution in [0.25, 0.3) is 16.8 Å². The third kappa shape index (κ3) is 5.95. The molecule has 0 unspecified atom stereocenters. The molecule has 0 fully saturated rings. The van der Waals surface area contributed by atoms with Crippen molar-refractivity contribution in [3.05, 3.63) is 69.5 Å². The van der Waals surface area contributed by atoms with E-state index < -0.39 is 11.9 Å². The normalized spacial score (nSPS) is 10.9. The topological polar surface area (TPSA) is 111 Å². The maximum Gasteiger partial charge on any atom is 0.348 e. The van der Waals surface area contributed by atoms with Crippen LogP contribution in [0.4, 0.5) is 5.00 Å². The number of aromatic nitrogens is 1. The summed E-state index contributed by atoms with van der Waals surface area (Å²) in [5.74, 6) is -0.442. The molecule has 1 N–H and O–H groups in total. The number of nitrogens with zero attached hydrogens (tertiary/aromatic N) is 2. The van der Waals surface area contributed by atoms with Crippen molar-refractivity contribution in [3.63, 3.8) is 0 Å². The Morgan fingerprint density at radius 2 is 2.09 bits per heavy atom. The minimum atomic E-state index is -0.576. The van der Waals surface area contributed by atoms with Gasteiger partial charge in [0.25, 0.3) is 0 Å². The van der Waals surface area contributed by atoms with E-state index in [-0.39, 0.29) is 29.2 Å². The van der Waals surface area contributed by atoms with Crippen molar-refractivity contribution < 1.29 is 23.8 Å². The van der Waals surface area contributed by atoms with Crippen molar-refractivity contribution in [2.45, 2.75) is 13.8 Å². The monoisotopic (exact) mass is 509 g/mol. The highest BCUT2D eigenvalue weighted by Crippen LogP contribution is 2.35.